The third kappa shape index (κ3) is 4.41. The van der Waals surface area contributed by atoms with Crippen molar-refractivity contribution in [3.8, 4) is 0 Å². The summed E-state index contributed by atoms with van der Waals surface area (Å²) in [5, 5.41) is 0. The van der Waals surface area contributed by atoms with Crippen LogP contribution in [0.2, 0.25) is 0 Å². The van der Waals surface area contributed by atoms with E-state index in [9.17, 15) is 4.79 Å². The summed E-state index contributed by atoms with van der Waals surface area (Å²) >= 11 is 0. The van der Waals surface area contributed by atoms with E-state index >= 15 is 0 Å². The molecule has 0 amide bonds. The lowest BCUT2D eigenvalue weighted by molar-refractivity contribution is -0.117. The fourth-order valence-electron chi connectivity index (χ4n) is 1.25. The number of unbranched alkanes of at least 4 members (excludes halogenated alkanes) is 1. The number of aromatic nitrogens is 1. The van der Waals surface area contributed by atoms with E-state index in [4.69, 9.17) is 0 Å². The van der Waals surface area contributed by atoms with Crippen LogP contribution in [0, 0.1) is 0 Å². The fourth-order valence-corrected chi connectivity index (χ4v) is 1.25. The molecule has 0 saturated heterocycles. The van der Waals surface area contributed by atoms with Crippen LogP contribution in [-0.2, 0) is 11.2 Å². The predicted octanol–water partition coefficient (Wildman–Crippen LogP) is 2.38. The molecule has 0 aliphatic rings. The van der Waals surface area contributed by atoms with Gasteiger partial charge in [0, 0.05) is 18.8 Å². The second-order valence-corrected chi connectivity index (χ2v) is 3.27. The summed E-state index contributed by atoms with van der Waals surface area (Å²) in [4.78, 5) is 14.7. The van der Waals surface area contributed by atoms with Crippen molar-refractivity contribution in [1.82, 2.24) is 4.98 Å². The Bertz CT molecular complexity index is 256. The minimum absolute atomic E-state index is 0.284. The van der Waals surface area contributed by atoms with Gasteiger partial charge >= 0.3 is 0 Å². The molecule has 2 heteroatoms. The number of hydrogen-bond acceptors (Lipinski definition) is 2. The summed E-state index contributed by atoms with van der Waals surface area (Å²) in [7, 11) is 0. The second-order valence-electron chi connectivity index (χ2n) is 3.27. The SMILES string of the molecule is CC(=O)CCCCc1cccnc1. The van der Waals surface area contributed by atoms with Gasteiger partial charge in [-0.25, -0.2) is 0 Å². The fraction of sp³-hybridized carbons (Fsp3) is 0.455. The third-order valence-electron chi connectivity index (χ3n) is 1.97. The van der Waals surface area contributed by atoms with Crippen LogP contribution < -0.4 is 0 Å². The van der Waals surface area contributed by atoms with Crippen LogP contribution in [0.4, 0.5) is 0 Å². The molecule has 2 nitrogen and oxygen atoms in total. The van der Waals surface area contributed by atoms with Gasteiger partial charge in [0.25, 0.3) is 0 Å². The van der Waals surface area contributed by atoms with Crippen LogP contribution in [0.5, 0.6) is 0 Å². The third-order valence-corrected chi connectivity index (χ3v) is 1.97. The summed E-state index contributed by atoms with van der Waals surface area (Å²) in [6, 6.07) is 4.01. The number of hydrogen-bond donors (Lipinski definition) is 0. The van der Waals surface area contributed by atoms with Gasteiger partial charge in [0.05, 0.1) is 0 Å². The zero-order valence-electron chi connectivity index (χ0n) is 7.99. The van der Waals surface area contributed by atoms with E-state index in [0.717, 1.165) is 19.3 Å². The van der Waals surface area contributed by atoms with E-state index in [2.05, 4.69) is 11.1 Å². The van der Waals surface area contributed by atoms with E-state index < -0.39 is 0 Å². The summed E-state index contributed by atoms with van der Waals surface area (Å²) in [6.07, 6.45) is 7.46. The highest BCUT2D eigenvalue weighted by Crippen LogP contribution is 2.04. The second kappa shape index (κ2) is 5.46. The summed E-state index contributed by atoms with van der Waals surface area (Å²) in [5.74, 6) is 0.284. The monoisotopic (exact) mass is 177 g/mol. The molecule has 0 aliphatic heterocycles. The summed E-state index contributed by atoms with van der Waals surface area (Å²) < 4.78 is 0. The molecule has 1 aromatic rings. The Labute approximate surface area is 79.0 Å². The standard InChI is InChI=1S/C11H15NO/c1-10(13)5-2-3-6-11-7-4-8-12-9-11/h4,7-9H,2-3,5-6H2,1H3. The van der Waals surface area contributed by atoms with Gasteiger partial charge in [-0.2, -0.15) is 0 Å². The van der Waals surface area contributed by atoms with Gasteiger partial charge in [-0.15, -0.1) is 0 Å². The molecule has 0 aromatic carbocycles. The zero-order chi connectivity index (χ0) is 9.52. The minimum Gasteiger partial charge on any atom is -0.300 e. The molecular formula is C11H15NO. The van der Waals surface area contributed by atoms with Crippen molar-refractivity contribution in [2.45, 2.75) is 32.6 Å². The Kier molecular flexibility index (Phi) is 4.16. The lowest BCUT2D eigenvalue weighted by Gasteiger charge is -1.98. The smallest absolute Gasteiger partial charge is 0.129 e. The molecule has 0 bridgehead atoms. The first kappa shape index (κ1) is 9.90. The van der Waals surface area contributed by atoms with Gasteiger partial charge in [-0.05, 0) is 37.8 Å². The Morgan fingerprint density at radius 1 is 1.46 bits per heavy atom. The first-order valence-corrected chi connectivity index (χ1v) is 4.67. The van der Waals surface area contributed by atoms with Crippen molar-refractivity contribution >= 4 is 5.78 Å². The van der Waals surface area contributed by atoms with Gasteiger partial charge < -0.3 is 4.79 Å². The van der Waals surface area contributed by atoms with Crippen LogP contribution in [0.1, 0.15) is 31.7 Å². The minimum atomic E-state index is 0.284. The van der Waals surface area contributed by atoms with Crippen molar-refractivity contribution in [3.63, 3.8) is 0 Å². The van der Waals surface area contributed by atoms with Gasteiger partial charge in [-0.1, -0.05) is 6.07 Å². The molecular weight excluding hydrogens is 162 g/mol. The summed E-state index contributed by atoms with van der Waals surface area (Å²) in [6.45, 7) is 1.64. The highest BCUT2D eigenvalue weighted by atomic mass is 16.1. The average molecular weight is 177 g/mol. The Hall–Kier alpha value is -1.18. The van der Waals surface area contributed by atoms with E-state index in [1.807, 2.05) is 12.3 Å². The van der Waals surface area contributed by atoms with Crippen LogP contribution in [0.25, 0.3) is 0 Å². The van der Waals surface area contributed by atoms with Crippen molar-refractivity contribution < 1.29 is 4.79 Å². The van der Waals surface area contributed by atoms with Crippen LogP contribution in [-0.4, -0.2) is 10.8 Å². The van der Waals surface area contributed by atoms with E-state index in [-0.39, 0.29) is 5.78 Å². The Morgan fingerprint density at radius 2 is 2.31 bits per heavy atom. The molecule has 0 atom stereocenters. The number of rotatable bonds is 5. The van der Waals surface area contributed by atoms with Crippen LogP contribution in [0.3, 0.4) is 0 Å². The zero-order valence-corrected chi connectivity index (χ0v) is 7.99. The van der Waals surface area contributed by atoms with E-state index in [1.165, 1.54) is 5.56 Å². The lowest BCUT2D eigenvalue weighted by Crippen LogP contribution is -1.91. The quantitative estimate of drug-likeness (QED) is 0.646. The molecule has 0 spiro atoms. The molecule has 13 heavy (non-hydrogen) atoms. The van der Waals surface area contributed by atoms with Crippen molar-refractivity contribution in [1.29, 1.82) is 0 Å². The molecule has 0 saturated carbocycles. The molecule has 1 aromatic heterocycles. The molecule has 0 N–H and O–H groups in total. The van der Waals surface area contributed by atoms with Gasteiger partial charge in [0.2, 0.25) is 0 Å². The molecule has 1 rings (SSSR count). The van der Waals surface area contributed by atoms with Gasteiger partial charge in [-0.3, -0.25) is 4.98 Å². The van der Waals surface area contributed by atoms with Crippen molar-refractivity contribution in [3.05, 3.63) is 30.1 Å². The average Bonchev–Trinajstić information content (AvgIpc) is 2.14. The topological polar surface area (TPSA) is 30.0 Å². The number of ketones is 1. The van der Waals surface area contributed by atoms with Gasteiger partial charge in [0.15, 0.2) is 0 Å². The predicted molar refractivity (Wildman–Crippen MR) is 52.5 cm³/mol. The van der Waals surface area contributed by atoms with E-state index in [0.29, 0.717) is 6.42 Å². The molecule has 70 valence electrons. The maximum atomic E-state index is 10.6. The molecule has 0 unspecified atom stereocenters. The first-order valence-electron chi connectivity index (χ1n) is 4.67. The molecule has 1 heterocycles. The number of pyridine rings is 1. The van der Waals surface area contributed by atoms with Crippen molar-refractivity contribution in [2.24, 2.45) is 0 Å². The maximum Gasteiger partial charge on any atom is 0.129 e. The highest BCUT2D eigenvalue weighted by Gasteiger charge is 1.95. The van der Waals surface area contributed by atoms with Crippen LogP contribution >= 0.6 is 0 Å². The first-order chi connectivity index (χ1) is 6.29. The Balaban J connectivity index is 2.17. The van der Waals surface area contributed by atoms with Crippen molar-refractivity contribution in [2.75, 3.05) is 0 Å². The number of Topliss-reactive ketones (excluding diaryl/α,β-unsaturated/α-hetero) is 1. The highest BCUT2D eigenvalue weighted by molar-refractivity contribution is 5.75. The molecule has 0 aliphatic carbocycles. The number of carbonyl (C=O) groups excluding carboxylic acids is 1. The maximum absolute atomic E-state index is 10.6. The number of carbonyl (C=O) groups is 1. The Morgan fingerprint density at radius 3 is 2.92 bits per heavy atom. The van der Waals surface area contributed by atoms with Gasteiger partial charge in [0.1, 0.15) is 5.78 Å². The largest absolute Gasteiger partial charge is 0.300 e. The normalized spacial score (nSPS) is 9.92. The number of aryl methyl sites for hydroxylation is 1. The summed E-state index contributed by atoms with van der Waals surface area (Å²) in [5.41, 5.74) is 1.26. The van der Waals surface area contributed by atoms with E-state index in [1.54, 1.807) is 13.1 Å². The molecule has 0 radical (unpaired) electrons. The van der Waals surface area contributed by atoms with Crippen LogP contribution in [0.15, 0.2) is 24.5 Å². The lowest BCUT2D eigenvalue weighted by atomic mass is 10.1. The number of nitrogens with zero attached hydrogens (tertiary/aromatic N) is 1. The molecule has 0 fully saturated rings.